The van der Waals surface area contributed by atoms with Gasteiger partial charge in [0, 0.05) is 31.9 Å². The predicted octanol–water partition coefficient (Wildman–Crippen LogP) is 1.95. The fraction of sp³-hybridized carbons (Fsp3) is 0.286. The summed E-state index contributed by atoms with van der Waals surface area (Å²) in [6.45, 7) is 0.711. The van der Waals surface area contributed by atoms with E-state index < -0.39 is 0 Å². The number of aromatic nitrogens is 2. The van der Waals surface area contributed by atoms with Gasteiger partial charge in [0.25, 0.3) is 5.91 Å². The normalized spacial score (nSPS) is 10.6. The summed E-state index contributed by atoms with van der Waals surface area (Å²) < 4.78 is 1.64. The molecule has 0 aliphatic rings. The highest BCUT2D eigenvalue weighted by Crippen LogP contribution is 2.20. The molecular formula is C14H17ClN4O. The van der Waals surface area contributed by atoms with E-state index in [-0.39, 0.29) is 5.91 Å². The van der Waals surface area contributed by atoms with Gasteiger partial charge in [0.05, 0.1) is 5.69 Å². The van der Waals surface area contributed by atoms with Crippen molar-refractivity contribution in [3.8, 4) is 5.69 Å². The number of carbonyl (C=O) groups is 1. The van der Waals surface area contributed by atoms with E-state index >= 15 is 0 Å². The standard InChI is InChI=1S/C14H17ClN4O/c1-16-9-10-4-5-11(8-12(10)15)19-7-6-13(17-19)14(20)18(2)3/h4-8,16H,9H2,1-3H3. The maximum atomic E-state index is 11.8. The molecule has 0 saturated heterocycles. The predicted molar refractivity (Wildman–Crippen MR) is 79.4 cm³/mol. The summed E-state index contributed by atoms with van der Waals surface area (Å²) in [5, 5.41) is 8.00. The Morgan fingerprint density at radius 1 is 1.40 bits per heavy atom. The third-order valence-corrected chi connectivity index (χ3v) is 3.23. The molecule has 0 aliphatic heterocycles. The SMILES string of the molecule is CNCc1ccc(-n2ccc(C(=O)N(C)C)n2)cc1Cl. The second-order valence-electron chi connectivity index (χ2n) is 4.65. The fourth-order valence-electron chi connectivity index (χ4n) is 1.82. The number of hydrogen-bond donors (Lipinski definition) is 1. The number of nitrogens with one attached hydrogen (secondary N) is 1. The van der Waals surface area contributed by atoms with Crippen molar-refractivity contribution in [2.75, 3.05) is 21.1 Å². The van der Waals surface area contributed by atoms with Crippen molar-refractivity contribution < 1.29 is 4.79 Å². The molecule has 106 valence electrons. The van der Waals surface area contributed by atoms with Crippen LogP contribution in [0.25, 0.3) is 5.69 Å². The van der Waals surface area contributed by atoms with Crippen LogP contribution in [0.4, 0.5) is 0 Å². The van der Waals surface area contributed by atoms with Crippen LogP contribution in [0.5, 0.6) is 0 Å². The zero-order valence-electron chi connectivity index (χ0n) is 11.7. The number of benzene rings is 1. The Labute approximate surface area is 123 Å². The van der Waals surface area contributed by atoms with Gasteiger partial charge in [0.15, 0.2) is 5.69 Å². The van der Waals surface area contributed by atoms with Crippen LogP contribution < -0.4 is 5.32 Å². The number of nitrogens with zero attached hydrogens (tertiary/aromatic N) is 3. The van der Waals surface area contributed by atoms with Crippen molar-refractivity contribution in [2.45, 2.75) is 6.54 Å². The highest BCUT2D eigenvalue weighted by Gasteiger charge is 2.12. The largest absolute Gasteiger partial charge is 0.343 e. The van der Waals surface area contributed by atoms with Gasteiger partial charge in [-0.3, -0.25) is 4.79 Å². The molecule has 0 atom stereocenters. The summed E-state index contributed by atoms with van der Waals surface area (Å²) in [5.74, 6) is -0.123. The topological polar surface area (TPSA) is 50.2 Å². The Kier molecular flexibility index (Phi) is 4.42. The maximum Gasteiger partial charge on any atom is 0.273 e. The number of carbonyl (C=O) groups excluding carboxylic acids is 1. The summed E-state index contributed by atoms with van der Waals surface area (Å²) >= 11 is 6.22. The molecular weight excluding hydrogens is 276 g/mol. The van der Waals surface area contributed by atoms with Crippen LogP contribution in [0.3, 0.4) is 0 Å². The van der Waals surface area contributed by atoms with Crippen LogP contribution in [-0.2, 0) is 6.54 Å². The lowest BCUT2D eigenvalue weighted by Gasteiger charge is -2.08. The van der Waals surface area contributed by atoms with Crippen molar-refractivity contribution in [3.05, 3.63) is 46.7 Å². The highest BCUT2D eigenvalue weighted by atomic mass is 35.5. The molecule has 5 nitrogen and oxygen atoms in total. The molecule has 0 spiro atoms. The summed E-state index contributed by atoms with van der Waals surface area (Å²) in [6.07, 6.45) is 1.75. The van der Waals surface area contributed by atoms with Crippen molar-refractivity contribution in [1.29, 1.82) is 0 Å². The van der Waals surface area contributed by atoms with Gasteiger partial charge in [0.2, 0.25) is 0 Å². The Morgan fingerprint density at radius 3 is 2.75 bits per heavy atom. The molecule has 0 fully saturated rings. The molecule has 1 aromatic carbocycles. The highest BCUT2D eigenvalue weighted by molar-refractivity contribution is 6.31. The number of halogens is 1. The van der Waals surface area contributed by atoms with E-state index in [1.165, 1.54) is 4.90 Å². The van der Waals surface area contributed by atoms with Gasteiger partial charge >= 0.3 is 0 Å². The second-order valence-corrected chi connectivity index (χ2v) is 5.06. The lowest BCUT2D eigenvalue weighted by molar-refractivity contribution is 0.0821. The maximum absolute atomic E-state index is 11.8. The van der Waals surface area contributed by atoms with Crippen LogP contribution >= 0.6 is 11.6 Å². The summed E-state index contributed by atoms with van der Waals surface area (Å²) in [4.78, 5) is 13.3. The smallest absolute Gasteiger partial charge is 0.273 e. The Morgan fingerprint density at radius 2 is 2.15 bits per heavy atom. The third-order valence-electron chi connectivity index (χ3n) is 2.88. The number of hydrogen-bond acceptors (Lipinski definition) is 3. The average molecular weight is 293 g/mol. The van der Waals surface area contributed by atoms with Crippen LogP contribution in [-0.4, -0.2) is 41.7 Å². The molecule has 1 aromatic heterocycles. The fourth-order valence-corrected chi connectivity index (χ4v) is 2.07. The van der Waals surface area contributed by atoms with E-state index in [9.17, 15) is 4.79 Å². The molecule has 1 amide bonds. The van der Waals surface area contributed by atoms with Crippen molar-refractivity contribution >= 4 is 17.5 Å². The summed E-state index contributed by atoms with van der Waals surface area (Å²) in [6, 6.07) is 7.40. The Bertz CT molecular complexity index is 621. The molecule has 20 heavy (non-hydrogen) atoms. The van der Waals surface area contributed by atoms with Crippen molar-refractivity contribution in [2.24, 2.45) is 0 Å². The van der Waals surface area contributed by atoms with E-state index in [0.29, 0.717) is 17.3 Å². The molecule has 1 heterocycles. The average Bonchev–Trinajstić information content (AvgIpc) is 2.90. The van der Waals surface area contributed by atoms with E-state index in [0.717, 1.165) is 11.3 Å². The van der Waals surface area contributed by atoms with Gasteiger partial charge in [-0.2, -0.15) is 5.10 Å². The van der Waals surface area contributed by atoms with Crippen LogP contribution in [0.15, 0.2) is 30.5 Å². The summed E-state index contributed by atoms with van der Waals surface area (Å²) in [7, 11) is 5.27. The van der Waals surface area contributed by atoms with Crippen LogP contribution in [0, 0.1) is 0 Å². The first-order valence-electron chi connectivity index (χ1n) is 6.23. The first kappa shape index (κ1) is 14.6. The molecule has 6 heteroatoms. The minimum absolute atomic E-state index is 0.123. The third kappa shape index (κ3) is 3.00. The molecule has 0 bridgehead atoms. The van der Waals surface area contributed by atoms with Gasteiger partial charge in [-0.15, -0.1) is 0 Å². The molecule has 0 saturated carbocycles. The van der Waals surface area contributed by atoms with E-state index in [4.69, 9.17) is 11.6 Å². The van der Waals surface area contributed by atoms with Crippen LogP contribution in [0.1, 0.15) is 16.1 Å². The van der Waals surface area contributed by atoms with Gasteiger partial charge < -0.3 is 10.2 Å². The van der Waals surface area contributed by atoms with Crippen molar-refractivity contribution in [3.63, 3.8) is 0 Å². The molecule has 1 N–H and O–H groups in total. The molecule has 0 unspecified atom stereocenters. The number of amides is 1. The zero-order chi connectivity index (χ0) is 14.7. The van der Waals surface area contributed by atoms with Gasteiger partial charge in [-0.1, -0.05) is 17.7 Å². The minimum Gasteiger partial charge on any atom is -0.343 e. The zero-order valence-corrected chi connectivity index (χ0v) is 12.5. The lowest BCUT2D eigenvalue weighted by atomic mass is 10.2. The quantitative estimate of drug-likeness (QED) is 0.937. The number of rotatable bonds is 4. The molecule has 2 aromatic rings. The first-order valence-corrected chi connectivity index (χ1v) is 6.61. The first-order chi connectivity index (χ1) is 9.52. The monoisotopic (exact) mass is 292 g/mol. The second kappa shape index (κ2) is 6.07. The molecule has 2 rings (SSSR count). The Hall–Kier alpha value is -1.85. The van der Waals surface area contributed by atoms with E-state index in [1.54, 1.807) is 31.0 Å². The van der Waals surface area contributed by atoms with Crippen LogP contribution in [0.2, 0.25) is 5.02 Å². The molecule has 0 radical (unpaired) electrons. The van der Waals surface area contributed by atoms with Crippen molar-refractivity contribution in [1.82, 2.24) is 20.0 Å². The van der Waals surface area contributed by atoms with Gasteiger partial charge in [-0.05, 0) is 30.8 Å². The van der Waals surface area contributed by atoms with E-state index in [2.05, 4.69) is 10.4 Å². The Balaban J connectivity index is 2.28. The lowest BCUT2D eigenvalue weighted by Crippen LogP contribution is -2.22. The summed E-state index contributed by atoms with van der Waals surface area (Å²) in [5.41, 5.74) is 2.26. The van der Waals surface area contributed by atoms with Gasteiger partial charge in [-0.25, -0.2) is 4.68 Å². The van der Waals surface area contributed by atoms with E-state index in [1.807, 2.05) is 25.2 Å². The minimum atomic E-state index is -0.123. The van der Waals surface area contributed by atoms with Gasteiger partial charge in [0.1, 0.15) is 0 Å². The molecule has 0 aliphatic carbocycles.